The molecule has 2 aromatic heterocycles. The quantitative estimate of drug-likeness (QED) is 0.416. The molecule has 1 aliphatic rings. The molecule has 2 heterocycles. The lowest BCUT2D eigenvalue weighted by molar-refractivity contribution is 0.0880. The van der Waals surface area contributed by atoms with Crippen molar-refractivity contribution >= 4 is 33.2 Å². The lowest BCUT2D eigenvalue weighted by Crippen LogP contribution is -2.20. The summed E-state index contributed by atoms with van der Waals surface area (Å²) >= 11 is 7.39. The summed E-state index contributed by atoms with van der Waals surface area (Å²) in [5.74, 6) is 1.35. The Labute approximate surface area is 193 Å². The van der Waals surface area contributed by atoms with E-state index >= 15 is 0 Å². The first-order valence-electron chi connectivity index (χ1n) is 10.3. The highest BCUT2D eigenvalue weighted by Crippen LogP contribution is 2.35. The van der Waals surface area contributed by atoms with Crippen LogP contribution in [-0.4, -0.2) is 34.5 Å². The maximum absolute atomic E-state index is 13.2. The van der Waals surface area contributed by atoms with Gasteiger partial charge < -0.3 is 14.6 Å². The van der Waals surface area contributed by atoms with Crippen LogP contribution < -0.4 is 15.0 Å². The molecule has 5 rings (SSSR count). The molecule has 1 N–H and O–H groups in total. The van der Waals surface area contributed by atoms with E-state index in [0.29, 0.717) is 38.3 Å². The Morgan fingerprint density at radius 2 is 1.97 bits per heavy atom. The molecule has 1 saturated carbocycles. The highest BCUT2D eigenvalue weighted by molar-refractivity contribution is 7.22. The van der Waals surface area contributed by atoms with Crippen LogP contribution in [0.5, 0.6) is 11.5 Å². The Bertz CT molecular complexity index is 1330. The Kier molecular flexibility index (Phi) is 5.63. The maximum atomic E-state index is 13.2. The van der Waals surface area contributed by atoms with Crippen LogP contribution in [-0.2, 0) is 0 Å². The van der Waals surface area contributed by atoms with Crippen LogP contribution in [0.15, 0.2) is 59.7 Å². The Morgan fingerprint density at radius 1 is 1.19 bits per heavy atom. The highest BCUT2D eigenvalue weighted by Gasteiger charge is 2.30. The van der Waals surface area contributed by atoms with E-state index in [1.54, 1.807) is 25.3 Å². The molecule has 0 saturated heterocycles. The van der Waals surface area contributed by atoms with Crippen molar-refractivity contribution in [3.63, 3.8) is 0 Å². The predicted octanol–water partition coefficient (Wildman–Crippen LogP) is 4.93. The Morgan fingerprint density at radius 3 is 2.69 bits per heavy atom. The third-order valence-electron chi connectivity index (χ3n) is 5.57. The fourth-order valence-corrected chi connectivity index (χ4v) is 4.74. The van der Waals surface area contributed by atoms with Crippen LogP contribution in [0, 0.1) is 5.92 Å². The standard InChI is InChI=1S/C24H21ClN2O4S/c1-30-21-10-17(8-9-20(21)31-12-19(28)14-2-3-14)27-13-26-18-11-22(32-23(18)24(27)29)15-4-6-16(25)7-5-15/h4-11,13-14,19,28H,2-3,12H2,1H3. The Balaban J connectivity index is 1.46. The number of ether oxygens (including phenoxy) is 2. The summed E-state index contributed by atoms with van der Waals surface area (Å²) in [5, 5.41) is 10.7. The fraction of sp³-hybridized carbons (Fsp3) is 0.250. The van der Waals surface area contributed by atoms with Gasteiger partial charge in [0.15, 0.2) is 11.5 Å². The van der Waals surface area contributed by atoms with Gasteiger partial charge in [-0.15, -0.1) is 11.3 Å². The van der Waals surface area contributed by atoms with Gasteiger partial charge in [-0.2, -0.15) is 0 Å². The van der Waals surface area contributed by atoms with Gasteiger partial charge in [0.2, 0.25) is 0 Å². The van der Waals surface area contributed by atoms with Gasteiger partial charge in [-0.05, 0) is 54.7 Å². The van der Waals surface area contributed by atoms with E-state index in [1.165, 1.54) is 22.2 Å². The minimum Gasteiger partial charge on any atom is -0.493 e. The van der Waals surface area contributed by atoms with Crippen molar-refractivity contribution in [1.29, 1.82) is 0 Å². The monoisotopic (exact) mass is 468 g/mol. The van der Waals surface area contributed by atoms with Crippen LogP contribution in [0.4, 0.5) is 0 Å². The van der Waals surface area contributed by atoms with E-state index < -0.39 is 6.10 Å². The number of aliphatic hydroxyl groups excluding tert-OH is 1. The number of aromatic nitrogens is 2. The van der Waals surface area contributed by atoms with Crippen molar-refractivity contribution in [3.05, 3.63) is 70.2 Å². The van der Waals surface area contributed by atoms with Gasteiger partial charge in [0.1, 0.15) is 17.6 Å². The van der Waals surface area contributed by atoms with Gasteiger partial charge in [0, 0.05) is 16.0 Å². The minimum absolute atomic E-state index is 0.153. The normalized spacial score (nSPS) is 14.5. The molecule has 32 heavy (non-hydrogen) atoms. The van der Waals surface area contributed by atoms with E-state index in [2.05, 4.69) is 4.98 Å². The van der Waals surface area contributed by atoms with Gasteiger partial charge in [-0.1, -0.05) is 23.7 Å². The summed E-state index contributed by atoms with van der Waals surface area (Å²) in [4.78, 5) is 18.7. The van der Waals surface area contributed by atoms with Crippen molar-refractivity contribution in [2.45, 2.75) is 18.9 Å². The number of benzene rings is 2. The third-order valence-corrected chi connectivity index (χ3v) is 6.98. The van der Waals surface area contributed by atoms with Crippen molar-refractivity contribution in [2.75, 3.05) is 13.7 Å². The van der Waals surface area contributed by atoms with Crippen molar-refractivity contribution in [3.8, 4) is 27.6 Å². The van der Waals surface area contributed by atoms with E-state index in [1.807, 2.05) is 30.3 Å². The number of hydrogen-bond acceptors (Lipinski definition) is 6. The van der Waals surface area contributed by atoms with Crippen LogP contribution >= 0.6 is 22.9 Å². The molecule has 1 atom stereocenters. The minimum atomic E-state index is -0.470. The third kappa shape index (κ3) is 4.11. The molecule has 0 aliphatic heterocycles. The van der Waals surface area contributed by atoms with E-state index in [0.717, 1.165) is 23.3 Å². The lowest BCUT2D eigenvalue weighted by atomic mass is 10.2. The average molecular weight is 469 g/mol. The second-order valence-electron chi connectivity index (χ2n) is 7.80. The van der Waals surface area contributed by atoms with Crippen LogP contribution in [0.3, 0.4) is 0 Å². The molecule has 0 spiro atoms. The number of nitrogens with zero attached hydrogens (tertiary/aromatic N) is 2. The molecular weight excluding hydrogens is 448 g/mol. The molecule has 8 heteroatoms. The molecule has 0 amide bonds. The summed E-state index contributed by atoms with van der Waals surface area (Å²) in [6.07, 6.45) is 3.14. The molecule has 6 nitrogen and oxygen atoms in total. The molecule has 1 aliphatic carbocycles. The molecule has 0 radical (unpaired) electrons. The number of aliphatic hydroxyl groups is 1. The number of halogens is 1. The zero-order chi connectivity index (χ0) is 22.2. The van der Waals surface area contributed by atoms with Crippen molar-refractivity contribution in [1.82, 2.24) is 9.55 Å². The number of hydrogen-bond donors (Lipinski definition) is 1. The summed E-state index contributed by atoms with van der Waals surface area (Å²) in [6, 6.07) is 14.7. The predicted molar refractivity (Wildman–Crippen MR) is 126 cm³/mol. The fourth-order valence-electron chi connectivity index (χ4n) is 3.57. The first kappa shape index (κ1) is 21.0. The number of fused-ring (bicyclic) bond motifs is 1. The summed E-state index contributed by atoms with van der Waals surface area (Å²) < 4.78 is 13.3. The topological polar surface area (TPSA) is 73.6 Å². The zero-order valence-electron chi connectivity index (χ0n) is 17.3. The number of rotatable bonds is 7. The first-order valence-corrected chi connectivity index (χ1v) is 11.5. The van der Waals surface area contributed by atoms with Gasteiger partial charge in [0.25, 0.3) is 5.56 Å². The average Bonchev–Trinajstić information content (AvgIpc) is 3.57. The molecule has 164 valence electrons. The zero-order valence-corrected chi connectivity index (χ0v) is 18.9. The smallest absolute Gasteiger partial charge is 0.275 e. The maximum Gasteiger partial charge on any atom is 0.275 e. The second-order valence-corrected chi connectivity index (χ2v) is 9.29. The molecule has 2 aromatic carbocycles. The van der Waals surface area contributed by atoms with Crippen molar-refractivity contribution in [2.24, 2.45) is 5.92 Å². The second kappa shape index (κ2) is 8.58. The lowest BCUT2D eigenvalue weighted by Gasteiger charge is -2.15. The van der Waals surface area contributed by atoms with Crippen LogP contribution in [0.2, 0.25) is 5.02 Å². The molecule has 1 unspecified atom stereocenters. The largest absolute Gasteiger partial charge is 0.493 e. The van der Waals surface area contributed by atoms with Gasteiger partial charge in [0.05, 0.1) is 24.4 Å². The molecular formula is C24H21ClN2O4S. The van der Waals surface area contributed by atoms with Crippen LogP contribution in [0.1, 0.15) is 12.8 Å². The van der Waals surface area contributed by atoms with Gasteiger partial charge in [-0.25, -0.2) is 4.98 Å². The SMILES string of the molecule is COc1cc(-n2cnc3cc(-c4ccc(Cl)cc4)sc3c2=O)ccc1OCC(O)C1CC1. The van der Waals surface area contributed by atoms with Crippen LogP contribution in [0.25, 0.3) is 26.3 Å². The summed E-state index contributed by atoms with van der Waals surface area (Å²) in [7, 11) is 1.55. The molecule has 1 fully saturated rings. The van der Waals surface area contributed by atoms with Gasteiger partial charge in [-0.3, -0.25) is 9.36 Å². The van der Waals surface area contributed by atoms with E-state index in [-0.39, 0.29) is 12.2 Å². The molecule has 0 bridgehead atoms. The van der Waals surface area contributed by atoms with Gasteiger partial charge >= 0.3 is 0 Å². The van der Waals surface area contributed by atoms with Crippen molar-refractivity contribution < 1.29 is 14.6 Å². The van der Waals surface area contributed by atoms with E-state index in [4.69, 9.17) is 21.1 Å². The highest BCUT2D eigenvalue weighted by atomic mass is 35.5. The number of methoxy groups -OCH3 is 1. The first-order chi connectivity index (χ1) is 15.5. The summed E-state index contributed by atoms with van der Waals surface area (Å²) in [6.45, 7) is 0.219. The summed E-state index contributed by atoms with van der Waals surface area (Å²) in [5.41, 5.74) is 2.11. The Hall–Kier alpha value is -2.87. The molecule has 4 aromatic rings. The number of thiophene rings is 1. The van der Waals surface area contributed by atoms with E-state index in [9.17, 15) is 9.90 Å².